The van der Waals surface area contributed by atoms with Gasteiger partial charge < -0.3 is 27.2 Å². The number of nitrogens with two attached hydrogens (primary N) is 3. The Hall–Kier alpha value is -3.30. The third-order valence-corrected chi connectivity index (χ3v) is 3.13. The number of primary amides is 1. The highest BCUT2D eigenvalue weighted by atomic mass is 16.3. The quantitative estimate of drug-likeness (QED) is 0.0952. The van der Waals surface area contributed by atoms with E-state index in [0.717, 1.165) is 0 Å². The van der Waals surface area contributed by atoms with Crippen LogP contribution in [0.2, 0.25) is 0 Å². The number of Topliss-reactive ketones (excluding diaryl/α,β-unsaturated/α-hetero) is 1. The first-order valence-corrected chi connectivity index (χ1v) is 7.83. The summed E-state index contributed by atoms with van der Waals surface area (Å²) < 4.78 is 0. The maximum absolute atomic E-state index is 12.1. The zero-order valence-corrected chi connectivity index (χ0v) is 15.0. The Morgan fingerprint density at radius 1 is 0.893 bits per heavy atom. The van der Waals surface area contributed by atoms with Gasteiger partial charge in [0.2, 0.25) is 5.91 Å². The Bertz CT molecular complexity index is 626. The van der Waals surface area contributed by atoms with Crippen LogP contribution in [0.15, 0.2) is 0 Å². The molecular weight excluding hydrogens is 380 g/mol. The molecule has 0 saturated carbocycles. The highest BCUT2D eigenvalue weighted by molar-refractivity contribution is 5.95. The Morgan fingerprint density at radius 2 is 1.39 bits per heavy atom. The molecule has 0 saturated heterocycles. The molecule has 15 heteroatoms. The second kappa shape index (κ2) is 12.2. The molecule has 0 aromatic heterocycles. The van der Waals surface area contributed by atoms with Crippen LogP contribution < -0.4 is 44.2 Å². The van der Waals surface area contributed by atoms with Crippen LogP contribution in [0.4, 0.5) is 4.79 Å². The van der Waals surface area contributed by atoms with Crippen molar-refractivity contribution in [1.29, 1.82) is 0 Å². The topological polar surface area (TPSA) is 261 Å². The molecule has 0 heterocycles. The monoisotopic (exact) mass is 404 g/mol. The van der Waals surface area contributed by atoms with Crippen molar-refractivity contribution in [2.75, 3.05) is 6.61 Å². The first-order chi connectivity index (χ1) is 13.0. The Labute approximate surface area is 159 Å². The molecule has 158 valence electrons. The molecule has 6 amide bonds. The van der Waals surface area contributed by atoms with Crippen LogP contribution in [0.25, 0.3) is 0 Å². The van der Waals surface area contributed by atoms with Crippen LogP contribution in [-0.2, 0) is 24.0 Å². The lowest BCUT2D eigenvalue weighted by Crippen LogP contribution is -2.59. The third kappa shape index (κ3) is 9.41. The lowest BCUT2D eigenvalue weighted by Gasteiger charge is -2.21. The summed E-state index contributed by atoms with van der Waals surface area (Å²) in [5.74, 6) is 0.737. The Morgan fingerprint density at radius 3 is 1.82 bits per heavy atom. The maximum atomic E-state index is 12.1. The zero-order valence-electron chi connectivity index (χ0n) is 15.0. The molecule has 0 aliphatic rings. The van der Waals surface area contributed by atoms with Crippen molar-refractivity contribution in [2.45, 2.75) is 37.9 Å². The molecule has 28 heavy (non-hydrogen) atoms. The lowest BCUT2D eigenvalue weighted by molar-refractivity contribution is -0.132. The Balaban J connectivity index is 5.00. The standard InChI is InChI=1S/C13H24N8O7/c1-5(23)2-7(11(26)19-16)17-13(28)18-8(3-9(15)24)12(27)21-20-10(25)6(14)4-22/h6-8,22H,2-4,14,16H2,1H3,(H2,15,24)(H,19,26)(H,20,25)(H,21,27)(H2,17,18,28). The van der Waals surface area contributed by atoms with Gasteiger partial charge in [0.05, 0.1) is 13.0 Å². The van der Waals surface area contributed by atoms with Crippen LogP contribution >= 0.6 is 0 Å². The van der Waals surface area contributed by atoms with E-state index in [0.29, 0.717) is 0 Å². The zero-order chi connectivity index (χ0) is 21.9. The number of ketones is 1. The summed E-state index contributed by atoms with van der Waals surface area (Å²) in [4.78, 5) is 69.4. The molecule has 3 atom stereocenters. The summed E-state index contributed by atoms with van der Waals surface area (Å²) >= 11 is 0. The van der Waals surface area contributed by atoms with E-state index in [9.17, 15) is 28.8 Å². The molecule has 0 rings (SSSR count). The van der Waals surface area contributed by atoms with Gasteiger partial charge in [0, 0.05) is 6.42 Å². The van der Waals surface area contributed by atoms with Crippen molar-refractivity contribution >= 4 is 35.4 Å². The van der Waals surface area contributed by atoms with Crippen LogP contribution in [0.1, 0.15) is 19.8 Å². The van der Waals surface area contributed by atoms with Crippen molar-refractivity contribution in [3.63, 3.8) is 0 Å². The molecule has 0 aromatic carbocycles. The first-order valence-electron chi connectivity index (χ1n) is 7.83. The molecule has 0 aliphatic heterocycles. The number of hydrazine groups is 2. The summed E-state index contributed by atoms with van der Waals surface area (Å²) in [6.45, 7) is 0.493. The third-order valence-electron chi connectivity index (χ3n) is 3.13. The highest BCUT2D eigenvalue weighted by Gasteiger charge is 2.27. The maximum Gasteiger partial charge on any atom is 0.316 e. The van der Waals surface area contributed by atoms with Crippen LogP contribution in [-0.4, -0.2) is 65.3 Å². The van der Waals surface area contributed by atoms with Crippen molar-refractivity contribution < 1.29 is 33.9 Å². The van der Waals surface area contributed by atoms with E-state index < -0.39 is 66.6 Å². The molecule has 0 radical (unpaired) electrons. The number of hydrogen-bond acceptors (Lipinski definition) is 9. The van der Waals surface area contributed by atoms with E-state index in [-0.39, 0.29) is 6.42 Å². The largest absolute Gasteiger partial charge is 0.394 e. The second-order valence-corrected chi connectivity index (χ2v) is 5.58. The molecule has 0 spiro atoms. The number of rotatable bonds is 10. The fraction of sp³-hybridized carbons (Fsp3) is 0.538. The number of carbonyl (C=O) groups excluding carboxylic acids is 6. The van der Waals surface area contributed by atoms with Gasteiger partial charge in [0.15, 0.2) is 0 Å². The molecule has 3 unspecified atom stereocenters. The van der Waals surface area contributed by atoms with Crippen molar-refractivity contribution in [3.8, 4) is 0 Å². The van der Waals surface area contributed by atoms with E-state index in [1.165, 1.54) is 6.92 Å². The SMILES string of the molecule is CC(=O)CC(NC(=O)NC(CC(N)=O)C(=O)NNC(=O)C(N)CO)C(=O)NN. The molecular formula is C13H24N8O7. The minimum absolute atomic E-state index is 0.377. The molecule has 0 aromatic rings. The number of hydrogen-bond donors (Lipinski definition) is 9. The number of aliphatic hydroxyl groups excluding tert-OH is 1. The van der Waals surface area contributed by atoms with Crippen molar-refractivity contribution in [3.05, 3.63) is 0 Å². The summed E-state index contributed by atoms with van der Waals surface area (Å²) in [5, 5.41) is 12.9. The Kier molecular flexibility index (Phi) is 10.7. The van der Waals surface area contributed by atoms with Crippen LogP contribution in [0.5, 0.6) is 0 Å². The summed E-state index contributed by atoms with van der Waals surface area (Å²) in [7, 11) is 0. The summed E-state index contributed by atoms with van der Waals surface area (Å²) in [6, 6.07) is -5.27. The smallest absolute Gasteiger partial charge is 0.316 e. The van der Waals surface area contributed by atoms with E-state index in [2.05, 4.69) is 10.6 Å². The van der Waals surface area contributed by atoms with Gasteiger partial charge in [-0.15, -0.1) is 0 Å². The molecule has 15 nitrogen and oxygen atoms in total. The van der Waals surface area contributed by atoms with Gasteiger partial charge in [-0.1, -0.05) is 0 Å². The van der Waals surface area contributed by atoms with Gasteiger partial charge in [0.1, 0.15) is 23.9 Å². The second-order valence-electron chi connectivity index (χ2n) is 5.58. The number of amides is 6. The van der Waals surface area contributed by atoms with Crippen molar-refractivity contribution in [2.24, 2.45) is 17.3 Å². The number of carbonyl (C=O) groups is 6. The van der Waals surface area contributed by atoms with Crippen molar-refractivity contribution in [1.82, 2.24) is 26.9 Å². The number of nitrogens with one attached hydrogen (secondary N) is 5. The minimum Gasteiger partial charge on any atom is -0.394 e. The molecule has 12 N–H and O–H groups in total. The predicted molar refractivity (Wildman–Crippen MR) is 92.0 cm³/mol. The molecule has 0 aliphatic carbocycles. The van der Waals surface area contributed by atoms with Gasteiger partial charge in [-0.25, -0.2) is 10.6 Å². The van der Waals surface area contributed by atoms with Gasteiger partial charge in [-0.05, 0) is 6.92 Å². The van der Waals surface area contributed by atoms with Crippen LogP contribution in [0, 0.1) is 0 Å². The lowest BCUT2D eigenvalue weighted by atomic mass is 10.1. The first kappa shape index (κ1) is 24.7. The summed E-state index contributed by atoms with van der Waals surface area (Å²) in [5.41, 5.74) is 15.8. The normalized spacial score (nSPS) is 13.3. The number of aliphatic hydroxyl groups is 1. The number of urea groups is 1. The fourth-order valence-electron chi connectivity index (χ4n) is 1.75. The average Bonchev–Trinajstić information content (AvgIpc) is 2.62. The van der Waals surface area contributed by atoms with Gasteiger partial charge in [-0.2, -0.15) is 0 Å². The van der Waals surface area contributed by atoms with E-state index in [1.807, 2.05) is 10.9 Å². The van der Waals surface area contributed by atoms with Crippen LogP contribution in [0.3, 0.4) is 0 Å². The van der Waals surface area contributed by atoms with Gasteiger partial charge in [-0.3, -0.25) is 40.3 Å². The van der Waals surface area contributed by atoms with Gasteiger partial charge >= 0.3 is 6.03 Å². The summed E-state index contributed by atoms with van der Waals surface area (Å²) in [6.07, 6.45) is -1.03. The highest BCUT2D eigenvalue weighted by Crippen LogP contribution is 1.96. The fourth-order valence-corrected chi connectivity index (χ4v) is 1.75. The molecule has 0 fully saturated rings. The van der Waals surface area contributed by atoms with E-state index >= 15 is 0 Å². The predicted octanol–water partition coefficient (Wildman–Crippen LogP) is -5.67. The average molecular weight is 404 g/mol. The minimum atomic E-state index is -1.54. The molecule has 0 bridgehead atoms. The van der Waals surface area contributed by atoms with E-state index in [1.54, 1.807) is 5.43 Å². The van der Waals surface area contributed by atoms with Gasteiger partial charge in [0.25, 0.3) is 17.7 Å². The van der Waals surface area contributed by atoms with E-state index in [4.69, 9.17) is 22.4 Å².